The SMILES string of the molecule is CC(O)C1CCN(C(=O)c2occc2-c2ccccc2)C1. The summed E-state index contributed by atoms with van der Waals surface area (Å²) in [5.74, 6) is 0.443. The minimum atomic E-state index is -0.381. The first-order valence-corrected chi connectivity index (χ1v) is 7.27. The van der Waals surface area contributed by atoms with Gasteiger partial charge >= 0.3 is 0 Å². The zero-order chi connectivity index (χ0) is 14.8. The zero-order valence-electron chi connectivity index (χ0n) is 12.0. The predicted octanol–water partition coefficient (Wildman–Crippen LogP) is 2.79. The molecular formula is C17H19NO3. The van der Waals surface area contributed by atoms with Gasteiger partial charge in [0.15, 0.2) is 5.76 Å². The number of benzene rings is 1. The van der Waals surface area contributed by atoms with Gasteiger partial charge in [0.2, 0.25) is 0 Å². The van der Waals surface area contributed by atoms with Crippen molar-refractivity contribution in [1.29, 1.82) is 0 Å². The molecule has 0 radical (unpaired) electrons. The molecule has 2 unspecified atom stereocenters. The number of likely N-dealkylation sites (tertiary alicyclic amines) is 1. The van der Waals surface area contributed by atoms with E-state index >= 15 is 0 Å². The van der Waals surface area contributed by atoms with E-state index in [1.54, 1.807) is 18.1 Å². The fourth-order valence-corrected chi connectivity index (χ4v) is 2.83. The van der Waals surface area contributed by atoms with E-state index < -0.39 is 0 Å². The number of nitrogens with zero attached hydrogens (tertiary/aromatic N) is 1. The van der Waals surface area contributed by atoms with Crippen LogP contribution in [0.1, 0.15) is 23.9 Å². The fraction of sp³-hybridized carbons (Fsp3) is 0.353. The summed E-state index contributed by atoms with van der Waals surface area (Å²) in [6, 6.07) is 11.6. The molecule has 1 amide bonds. The molecule has 1 fully saturated rings. The Morgan fingerprint density at radius 2 is 2.10 bits per heavy atom. The Bertz CT molecular complexity index is 618. The molecule has 1 aromatic carbocycles. The molecule has 1 aliphatic heterocycles. The molecule has 110 valence electrons. The third-order valence-electron chi connectivity index (χ3n) is 4.14. The van der Waals surface area contributed by atoms with Crippen molar-refractivity contribution in [2.45, 2.75) is 19.4 Å². The molecule has 4 heteroatoms. The van der Waals surface area contributed by atoms with Crippen molar-refractivity contribution in [2.24, 2.45) is 5.92 Å². The largest absolute Gasteiger partial charge is 0.459 e. The standard InChI is InChI=1S/C17H19NO3/c1-12(19)14-7-9-18(11-14)17(20)16-15(8-10-21-16)13-5-3-2-4-6-13/h2-6,8,10,12,14,19H,7,9,11H2,1H3. The molecule has 0 aliphatic carbocycles. The second-order valence-electron chi connectivity index (χ2n) is 5.57. The summed E-state index contributed by atoms with van der Waals surface area (Å²) < 4.78 is 5.44. The Balaban J connectivity index is 1.82. The molecule has 4 nitrogen and oxygen atoms in total. The first-order valence-electron chi connectivity index (χ1n) is 7.27. The van der Waals surface area contributed by atoms with Gasteiger partial charge in [0.25, 0.3) is 5.91 Å². The highest BCUT2D eigenvalue weighted by molar-refractivity contribution is 5.98. The van der Waals surface area contributed by atoms with Crippen LogP contribution in [0, 0.1) is 5.92 Å². The summed E-state index contributed by atoms with van der Waals surface area (Å²) in [5, 5.41) is 9.65. The Hall–Kier alpha value is -2.07. The normalized spacial score (nSPS) is 19.7. The summed E-state index contributed by atoms with van der Waals surface area (Å²) in [6.07, 6.45) is 2.01. The average molecular weight is 285 g/mol. The fourth-order valence-electron chi connectivity index (χ4n) is 2.83. The van der Waals surface area contributed by atoms with Gasteiger partial charge in [0.05, 0.1) is 12.4 Å². The van der Waals surface area contributed by atoms with E-state index in [9.17, 15) is 9.90 Å². The number of aliphatic hydroxyl groups is 1. The smallest absolute Gasteiger partial charge is 0.290 e. The molecule has 2 heterocycles. The molecule has 1 aromatic heterocycles. The molecule has 2 aromatic rings. The van der Waals surface area contributed by atoms with Crippen LogP contribution in [0.25, 0.3) is 11.1 Å². The second kappa shape index (κ2) is 5.74. The topological polar surface area (TPSA) is 53.7 Å². The van der Waals surface area contributed by atoms with E-state index in [2.05, 4.69) is 0 Å². The maximum Gasteiger partial charge on any atom is 0.290 e. The lowest BCUT2D eigenvalue weighted by atomic mass is 10.0. The minimum Gasteiger partial charge on any atom is -0.459 e. The van der Waals surface area contributed by atoms with E-state index in [-0.39, 0.29) is 17.9 Å². The van der Waals surface area contributed by atoms with Crippen LogP contribution in [0.3, 0.4) is 0 Å². The summed E-state index contributed by atoms with van der Waals surface area (Å²) in [4.78, 5) is 14.4. The van der Waals surface area contributed by atoms with Crippen LogP contribution in [-0.4, -0.2) is 35.1 Å². The van der Waals surface area contributed by atoms with Gasteiger partial charge in [-0.15, -0.1) is 0 Å². The van der Waals surface area contributed by atoms with Gasteiger partial charge in [-0.25, -0.2) is 0 Å². The van der Waals surface area contributed by atoms with E-state index in [1.165, 1.54) is 0 Å². The summed E-state index contributed by atoms with van der Waals surface area (Å²) in [5.41, 5.74) is 1.79. The number of carbonyl (C=O) groups excluding carboxylic acids is 1. The molecule has 21 heavy (non-hydrogen) atoms. The third kappa shape index (κ3) is 2.72. The highest BCUT2D eigenvalue weighted by Crippen LogP contribution is 2.28. The lowest BCUT2D eigenvalue weighted by Crippen LogP contribution is -2.30. The first kappa shape index (κ1) is 13.9. The van der Waals surface area contributed by atoms with Gasteiger partial charge in [-0.05, 0) is 25.0 Å². The lowest BCUT2D eigenvalue weighted by molar-refractivity contribution is 0.0733. The van der Waals surface area contributed by atoms with Crippen LogP contribution in [0.2, 0.25) is 0 Å². The van der Waals surface area contributed by atoms with Crippen molar-refractivity contribution in [3.63, 3.8) is 0 Å². The van der Waals surface area contributed by atoms with Crippen molar-refractivity contribution in [3.8, 4) is 11.1 Å². The number of amides is 1. The van der Waals surface area contributed by atoms with Crippen LogP contribution in [0.4, 0.5) is 0 Å². The minimum absolute atomic E-state index is 0.0954. The molecule has 1 aliphatic rings. The first-order chi connectivity index (χ1) is 10.2. The van der Waals surface area contributed by atoms with Crippen LogP contribution in [-0.2, 0) is 0 Å². The quantitative estimate of drug-likeness (QED) is 0.943. The van der Waals surface area contributed by atoms with Crippen molar-refractivity contribution < 1.29 is 14.3 Å². The number of hydrogen-bond donors (Lipinski definition) is 1. The van der Waals surface area contributed by atoms with E-state index in [0.717, 1.165) is 17.5 Å². The van der Waals surface area contributed by atoms with Crippen molar-refractivity contribution in [2.75, 3.05) is 13.1 Å². The monoisotopic (exact) mass is 285 g/mol. The molecule has 1 N–H and O–H groups in total. The average Bonchev–Trinajstić information content (AvgIpc) is 3.17. The van der Waals surface area contributed by atoms with Gasteiger partial charge in [0.1, 0.15) is 0 Å². The molecule has 2 atom stereocenters. The molecular weight excluding hydrogens is 266 g/mol. The van der Waals surface area contributed by atoms with Gasteiger partial charge in [-0.1, -0.05) is 30.3 Å². The number of furan rings is 1. The molecule has 3 rings (SSSR count). The maximum atomic E-state index is 12.6. The van der Waals surface area contributed by atoms with E-state index in [0.29, 0.717) is 18.8 Å². The van der Waals surface area contributed by atoms with Crippen LogP contribution in [0.5, 0.6) is 0 Å². The van der Waals surface area contributed by atoms with Gasteiger partial charge in [-0.2, -0.15) is 0 Å². The Morgan fingerprint density at radius 1 is 1.33 bits per heavy atom. The Kier molecular flexibility index (Phi) is 3.80. The van der Waals surface area contributed by atoms with Crippen LogP contribution in [0.15, 0.2) is 47.1 Å². The molecule has 0 spiro atoms. The molecule has 0 bridgehead atoms. The summed E-state index contributed by atoms with van der Waals surface area (Å²) >= 11 is 0. The van der Waals surface area contributed by atoms with Gasteiger partial charge in [-0.3, -0.25) is 4.79 Å². The van der Waals surface area contributed by atoms with Crippen LogP contribution >= 0.6 is 0 Å². The Morgan fingerprint density at radius 3 is 2.76 bits per heavy atom. The van der Waals surface area contributed by atoms with Crippen molar-refractivity contribution in [1.82, 2.24) is 4.90 Å². The van der Waals surface area contributed by atoms with Gasteiger partial charge < -0.3 is 14.4 Å². The van der Waals surface area contributed by atoms with E-state index in [4.69, 9.17) is 4.42 Å². The lowest BCUT2D eigenvalue weighted by Gasteiger charge is -2.17. The number of hydrogen-bond acceptors (Lipinski definition) is 3. The second-order valence-corrected chi connectivity index (χ2v) is 5.57. The zero-order valence-corrected chi connectivity index (χ0v) is 12.0. The van der Waals surface area contributed by atoms with Crippen LogP contribution < -0.4 is 0 Å². The summed E-state index contributed by atoms with van der Waals surface area (Å²) in [6.45, 7) is 3.04. The third-order valence-corrected chi connectivity index (χ3v) is 4.14. The highest BCUT2D eigenvalue weighted by Gasteiger charge is 2.31. The van der Waals surface area contributed by atoms with Gasteiger partial charge in [0, 0.05) is 24.6 Å². The predicted molar refractivity (Wildman–Crippen MR) is 79.8 cm³/mol. The molecule has 1 saturated heterocycles. The van der Waals surface area contributed by atoms with E-state index in [1.807, 2.05) is 36.4 Å². The maximum absolute atomic E-state index is 12.6. The highest BCUT2D eigenvalue weighted by atomic mass is 16.3. The number of carbonyl (C=O) groups is 1. The number of rotatable bonds is 3. The Labute approximate surface area is 124 Å². The van der Waals surface area contributed by atoms with Crippen molar-refractivity contribution in [3.05, 3.63) is 48.4 Å². The van der Waals surface area contributed by atoms with Crippen molar-refractivity contribution >= 4 is 5.91 Å². The summed E-state index contributed by atoms with van der Waals surface area (Å²) in [7, 11) is 0. The molecule has 0 saturated carbocycles. The number of aliphatic hydroxyl groups excluding tert-OH is 1.